The first-order valence-corrected chi connectivity index (χ1v) is 4.99. The standard InChI is InChI=1S/C12H15NO2/c1-3-4-15-12-6-10(14-2)5-9-7-13-8-11(9)12/h3,5-6,13H,1,4,7-8H2,2H3. The van der Waals surface area contributed by atoms with Crippen LogP contribution in [0.3, 0.4) is 0 Å². The molecule has 0 aliphatic carbocycles. The molecule has 0 saturated heterocycles. The van der Waals surface area contributed by atoms with Gasteiger partial charge in [-0.2, -0.15) is 0 Å². The van der Waals surface area contributed by atoms with Gasteiger partial charge in [0.2, 0.25) is 0 Å². The summed E-state index contributed by atoms with van der Waals surface area (Å²) < 4.78 is 10.8. The van der Waals surface area contributed by atoms with Crippen molar-refractivity contribution in [2.45, 2.75) is 13.1 Å². The highest BCUT2D eigenvalue weighted by Gasteiger charge is 2.16. The zero-order valence-corrected chi connectivity index (χ0v) is 8.88. The fraction of sp³-hybridized carbons (Fsp3) is 0.333. The molecule has 0 spiro atoms. The van der Waals surface area contributed by atoms with Crippen molar-refractivity contribution in [3.8, 4) is 11.5 Å². The lowest BCUT2D eigenvalue weighted by Gasteiger charge is -2.10. The number of ether oxygens (including phenoxy) is 2. The van der Waals surface area contributed by atoms with Crippen molar-refractivity contribution in [2.75, 3.05) is 13.7 Å². The van der Waals surface area contributed by atoms with Gasteiger partial charge in [0.1, 0.15) is 18.1 Å². The third-order valence-corrected chi connectivity index (χ3v) is 2.48. The molecule has 2 rings (SSSR count). The maximum atomic E-state index is 5.60. The third-order valence-electron chi connectivity index (χ3n) is 2.48. The maximum Gasteiger partial charge on any atom is 0.128 e. The summed E-state index contributed by atoms with van der Waals surface area (Å²) in [6.45, 7) is 5.92. The molecule has 3 nitrogen and oxygen atoms in total. The van der Waals surface area contributed by atoms with Crippen LogP contribution >= 0.6 is 0 Å². The van der Waals surface area contributed by atoms with Crippen molar-refractivity contribution in [3.05, 3.63) is 35.9 Å². The number of methoxy groups -OCH3 is 1. The molecule has 0 amide bonds. The third kappa shape index (κ3) is 1.97. The van der Waals surface area contributed by atoms with Gasteiger partial charge >= 0.3 is 0 Å². The first-order chi connectivity index (χ1) is 7.35. The Kier molecular flexibility index (Phi) is 2.92. The van der Waals surface area contributed by atoms with Crippen molar-refractivity contribution in [2.24, 2.45) is 0 Å². The zero-order valence-electron chi connectivity index (χ0n) is 8.88. The van der Waals surface area contributed by atoms with Gasteiger partial charge in [0.05, 0.1) is 7.11 Å². The van der Waals surface area contributed by atoms with Crippen LogP contribution in [0.25, 0.3) is 0 Å². The summed E-state index contributed by atoms with van der Waals surface area (Å²) in [7, 11) is 1.67. The first-order valence-electron chi connectivity index (χ1n) is 4.99. The number of nitrogens with one attached hydrogen (secondary N) is 1. The molecular formula is C12H15NO2. The highest BCUT2D eigenvalue weighted by molar-refractivity contribution is 5.48. The minimum absolute atomic E-state index is 0.527. The fourth-order valence-corrected chi connectivity index (χ4v) is 1.75. The van der Waals surface area contributed by atoms with Gasteiger partial charge in [-0.15, -0.1) is 0 Å². The second-order valence-electron chi connectivity index (χ2n) is 3.47. The van der Waals surface area contributed by atoms with Crippen molar-refractivity contribution >= 4 is 0 Å². The van der Waals surface area contributed by atoms with Crippen LogP contribution in [-0.4, -0.2) is 13.7 Å². The summed E-state index contributed by atoms with van der Waals surface area (Å²) in [6.07, 6.45) is 1.74. The molecular weight excluding hydrogens is 190 g/mol. The van der Waals surface area contributed by atoms with E-state index in [1.807, 2.05) is 6.07 Å². The van der Waals surface area contributed by atoms with Gasteiger partial charge in [-0.25, -0.2) is 0 Å². The van der Waals surface area contributed by atoms with E-state index in [1.165, 1.54) is 11.1 Å². The fourth-order valence-electron chi connectivity index (χ4n) is 1.75. The minimum atomic E-state index is 0.527. The lowest BCUT2D eigenvalue weighted by Crippen LogP contribution is -2.01. The molecule has 0 saturated carbocycles. The van der Waals surface area contributed by atoms with Gasteiger partial charge in [-0.1, -0.05) is 12.7 Å². The van der Waals surface area contributed by atoms with Crippen LogP contribution < -0.4 is 14.8 Å². The van der Waals surface area contributed by atoms with E-state index in [4.69, 9.17) is 9.47 Å². The molecule has 1 aliphatic rings. The topological polar surface area (TPSA) is 30.5 Å². The van der Waals surface area contributed by atoms with E-state index >= 15 is 0 Å². The molecule has 1 aliphatic heterocycles. The number of benzene rings is 1. The Hall–Kier alpha value is -1.48. The van der Waals surface area contributed by atoms with Crippen molar-refractivity contribution in [1.82, 2.24) is 5.32 Å². The minimum Gasteiger partial charge on any atom is -0.497 e. The molecule has 0 unspecified atom stereocenters. The molecule has 0 atom stereocenters. The molecule has 1 N–H and O–H groups in total. The Morgan fingerprint density at radius 1 is 1.47 bits per heavy atom. The second-order valence-corrected chi connectivity index (χ2v) is 3.47. The maximum absolute atomic E-state index is 5.60. The summed E-state index contributed by atoms with van der Waals surface area (Å²) in [5, 5.41) is 3.29. The van der Waals surface area contributed by atoms with Gasteiger partial charge in [-0.3, -0.25) is 0 Å². The van der Waals surface area contributed by atoms with Crippen molar-refractivity contribution < 1.29 is 9.47 Å². The van der Waals surface area contributed by atoms with E-state index in [9.17, 15) is 0 Å². The molecule has 1 heterocycles. The van der Waals surface area contributed by atoms with Crippen LogP contribution in [0.1, 0.15) is 11.1 Å². The average Bonchev–Trinajstić information content (AvgIpc) is 2.73. The number of rotatable bonds is 4. The molecule has 15 heavy (non-hydrogen) atoms. The Balaban J connectivity index is 2.33. The molecule has 1 aromatic rings. The van der Waals surface area contributed by atoms with Crippen LogP contribution in [0.15, 0.2) is 24.8 Å². The van der Waals surface area contributed by atoms with Crippen molar-refractivity contribution in [3.63, 3.8) is 0 Å². The molecule has 0 aromatic heterocycles. The predicted octanol–water partition coefficient (Wildman–Crippen LogP) is 1.86. The van der Waals surface area contributed by atoms with Crippen molar-refractivity contribution in [1.29, 1.82) is 0 Å². The Bertz CT molecular complexity index is 374. The summed E-state index contributed by atoms with van der Waals surface area (Å²) >= 11 is 0. The van der Waals surface area contributed by atoms with Crippen LogP contribution in [-0.2, 0) is 13.1 Å². The van der Waals surface area contributed by atoms with Crippen LogP contribution in [0.2, 0.25) is 0 Å². The second kappa shape index (κ2) is 4.36. The Labute approximate surface area is 89.7 Å². The van der Waals surface area contributed by atoms with E-state index in [0.29, 0.717) is 6.61 Å². The lowest BCUT2D eigenvalue weighted by atomic mass is 10.1. The van der Waals surface area contributed by atoms with Gasteiger partial charge in [0.15, 0.2) is 0 Å². The SMILES string of the molecule is C=CCOc1cc(OC)cc2c1CNC2. The van der Waals surface area contributed by atoms with Crippen LogP contribution in [0.4, 0.5) is 0 Å². The molecule has 0 fully saturated rings. The van der Waals surface area contributed by atoms with Gasteiger partial charge < -0.3 is 14.8 Å². The Morgan fingerprint density at radius 3 is 3.07 bits per heavy atom. The highest BCUT2D eigenvalue weighted by atomic mass is 16.5. The van der Waals surface area contributed by atoms with Gasteiger partial charge in [0.25, 0.3) is 0 Å². The quantitative estimate of drug-likeness (QED) is 0.761. The number of hydrogen-bond acceptors (Lipinski definition) is 3. The summed E-state index contributed by atoms with van der Waals surface area (Å²) in [4.78, 5) is 0. The van der Waals surface area contributed by atoms with E-state index in [1.54, 1.807) is 13.2 Å². The molecule has 0 bridgehead atoms. The lowest BCUT2D eigenvalue weighted by molar-refractivity contribution is 0.353. The Morgan fingerprint density at radius 2 is 2.33 bits per heavy atom. The van der Waals surface area contributed by atoms with Gasteiger partial charge in [0, 0.05) is 24.7 Å². The first kappa shape index (κ1) is 10.1. The van der Waals surface area contributed by atoms with E-state index in [2.05, 4.69) is 18.0 Å². The van der Waals surface area contributed by atoms with E-state index < -0.39 is 0 Å². The van der Waals surface area contributed by atoms with Crippen LogP contribution in [0, 0.1) is 0 Å². The van der Waals surface area contributed by atoms with Gasteiger partial charge in [-0.05, 0) is 11.6 Å². The predicted molar refractivity (Wildman–Crippen MR) is 59.2 cm³/mol. The van der Waals surface area contributed by atoms with E-state index in [0.717, 1.165) is 24.6 Å². The molecule has 0 radical (unpaired) electrons. The molecule has 3 heteroatoms. The molecule has 1 aromatic carbocycles. The van der Waals surface area contributed by atoms with E-state index in [-0.39, 0.29) is 0 Å². The molecule has 80 valence electrons. The largest absolute Gasteiger partial charge is 0.497 e. The normalized spacial score (nSPS) is 13.4. The summed E-state index contributed by atoms with van der Waals surface area (Å²) in [6, 6.07) is 3.98. The average molecular weight is 205 g/mol. The number of hydrogen-bond donors (Lipinski definition) is 1. The number of fused-ring (bicyclic) bond motifs is 1. The highest BCUT2D eigenvalue weighted by Crippen LogP contribution is 2.31. The summed E-state index contributed by atoms with van der Waals surface area (Å²) in [5.41, 5.74) is 2.49. The van der Waals surface area contributed by atoms with Crippen LogP contribution in [0.5, 0.6) is 11.5 Å². The summed E-state index contributed by atoms with van der Waals surface area (Å²) in [5.74, 6) is 1.74. The zero-order chi connectivity index (χ0) is 10.7. The smallest absolute Gasteiger partial charge is 0.128 e. The monoisotopic (exact) mass is 205 g/mol.